The predicted octanol–water partition coefficient (Wildman–Crippen LogP) is 1.26. The van der Waals surface area contributed by atoms with Gasteiger partial charge < -0.3 is 14.2 Å². The predicted molar refractivity (Wildman–Crippen MR) is 93.3 cm³/mol. The molecule has 0 saturated carbocycles. The van der Waals surface area contributed by atoms with Gasteiger partial charge in [0.05, 0.1) is 13.2 Å². The van der Waals surface area contributed by atoms with Crippen LogP contribution in [0.25, 0.3) is 0 Å². The summed E-state index contributed by atoms with van der Waals surface area (Å²) in [5.74, 6) is 0.994. The van der Waals surface area contributed by atoms with Gasteiger partial charge >= 0.3 is 0 Å². The minimum Gasteiger partial charge on any atom is -0.368 e. The summed E-state index contributed by atoms with van der Waals surface area (Å²) in [6.45, 7) is 6.08. The van der Waals surface area contributed by atoms with Crippen LogP contribution in [0.5, 0.6) is 0 Å². The van der Waals surface area contributed by atoms with E-state index >= 15 is 0 Å². The zero-order valence-electron chi connectivity index (χ0n) is 14.5. The minimum atomic E-state index is -0.130. The average molecular weight is 341 g/mol. The fourth-order valence-electron chi connectivity index (χ4n) is 3.63. The number of aryl methyl sites for hydroxylation is 1. The molecule has 1 aromatic carbocycles. The molecular formula is C18H23N5O2. The molecule has 2 aromatic rings. The summed E-state index contributed by atoms with van der Waals surface area (Å²) >= 11 is 0. The van der Waals surface area contributed by atoms with Gasteiger partial charge in [0.1, 0.15) is 12.4 Å². The zero-order valence-corrected chi connectivity index (χ0v) is 14.5. The number of amides is 1. The Morgan fingerprint density at radius 3 is 3.08 bits per heavy atom. The van der Waals surface area contributed by atoms with E-state index in [0.717, 1.165) is 37.6 Å². The van der Waals surface area contributed by atoms with Crippen molar-refractivity contribution in [2.45, 2.75) is 26.0 Å². The number of benzene rings is 1. The summed E-state index contributed by atoms with van der Waals surface area (Å²) in [4.78, 5) is 16.9. The van der Waals surface area contributed by atoms with Crippen LogP contribution in [0.3, 0.4) is 0 Å². The van der Waals surface area contributed by atoms with E-state index in [1.54, 1.807) is 6.33 Å². The second-order valence-corrected chi connectivity index (χ2v) is 6.49. The van der Waals surface area contributed by atoms with Gasteiger partial charge in [-0.1, -0.05) is 18.2 Å². The molecule has 7 heteroatoms. The van der Waals surface area contributed by atoms with Gasteiger partial charge in [-0.25, -0.2) is 0 Å². The summed E-state index contributed by atoms with van der Waals surface area (Å²) in [5.41, 5.74) is 2.31. The number of carbonyl (C=O) groups excluding carboxylic acids is 1. The highest BCUT2D eigenvalue weighted by molar-refractivity contribution is 5.96. The maximum absolute atomic E-state index is 12.8. The van der Waals surface area contributed by atoms with Crippen molar-refractivity contribution in [1.29, 1.82) is 0 Å². The summed E-state index contributed by atoms with van der Waals surface area (Å²) in [6.07, 6.45) is 2.53. The molecule has 1 saturated heterocycles. The topological polar surface area (TPSA) is 63.5 Å². The van der Waals surface area contributed by atoms with Gasteiger partial charge in [-0.3, -0.25) is 9.69 Å². The molecular weight excluding hydrogens is 318 g/mol. The molecule has 0 bridgehead atoms. The van der Waals surface area contributed by atoms with Crippen LogP contribution in [0.4, 0.5) is 5.69 Å². The number of morpholine rings is 1. The minimum absolute atomic E-state index is 0.130. The Bertz CT molecular complexity index is 759. The second-order valence-electron chi connectivity index (χ2n) is 6.49. The van der Waals surface area contributed by atoms with Gasteiger partial charge in [0.15, 0.2) is 5.82 Å². The van der Waals surface area contributed by atoms with E-state index in [4.69, 9.17) is 4.74 Å². The van der Waals surface area contributed by atoms with E-state index in [1.807, 2.05) is 27.7 Å². The lowest BCUT2D eigenvalue weighted by atomic mass is 10.2. The van der Waals surface area contributed by atoms with Gasteiger partial charge in [0, 0.05) is 31.9 Å². The molecule has 4 rings (SSSR count). The molecule has 1 aromatic heterocycles. The zero-order chi connectivity index (χ0) is 17.2. The van der Waals surface area contributed by atoms with Crippen LogP contribution in [0, 0.1) is 0 Å². The van der Waals surface area contributed by atoms with Crippen molar-refractivity contribution in [2.24, 2.45) is 0 Å². The van der Waals surface area contributed by atoms with Crippen LogP contribution >= 0.6 is 0 Å². The SMILES string of the molecule is CCn1cnnc1[C@H]1CN(CC(=O)N2CCc3ccccc32)CCO1. The summed E-state index contributed by atoms with van der Waals surface area (Å²) < 4.78 is 7.86. The van der Waals surface area contributed by atoms with Crippen LogP contribution in [-0.2, 0) is 22.5 Å². The first-order chi connectivity index (χ1) is 12.3. The van der Waals surface area contributed by atoms with Crippen molar-refractivity contribution in [1.82, 2.24) is 19.7 Å². The highest BCUT2D eigenvalue weighted by Crippen LogP contribution is 2.28. The maximum atomic E-state index is 12.8. The third-order valence-corrected chi connectivity index (χ3v) is 4.97. The number of anilines is 1. The Morgan fingerprint density at radius 2 is 2.20 bits per heavy atom. The molecule has 25 heavy (non-hydrogen) atoms. The highest BCUT2D eigenvalue weighted by Gasteiger charge is 2.30. The third-order valence-electron chi connectivity index (χ3n) is 4.97. The number of hydrogen-bond acceptors (Lipinski definition) is 5. The first-order valence-corrected chi connectivity index (χ1v) is 8.86. The molecule has 3 heterocycles. The molecule has 132 valence electrons. The lowest BCUT2D eigenvalue weighted by Crippen LogP contribution is -2.45. The Morgan fingerprint density at radius 1 is 1.32 bits per heavy atom. The number of rotatable bonds is 4. The lowest BCUT2D eigenvalue weighted by molar-refractivity contribution is -0.122. The third kappa shape index (κ3) is 3.17. The van der Waals surface area contributed by atoms with Crippen molar-refractivity contribution in [3.05, 3.63) is 42.0 Å². The van der Waals surface area contributed by atoms with Gasteiger partial charge in [-0.15, -0.1) is 10.2 Å². The molecule has 2 aliphatic rings. The van der Waals surface area contributed by atoms with Crippen molar-refractivity contribution in [2.75, 3.05) is 37.7 Å². The number of ether oxygens (including phenoxy) is 1. The maximum Gasteiger partial charge on any atom is 0.241 e. The van der Waals surface area contributed by atoms with Crippen LogP contribution in [0.2, 0.25) is 0 Å². The number of carbonyl (C=O) groups is 1. The van der Waals surface area contributed by atoms with E-state index in [9.17, 15) is 4.79 Å². The van der Waals surface area contributed by atoms with Crippen LogP contribution in [0.15, 0.2) is 30.6 Å². The fraction of sp³-hybridized carbons (Fsp3) is 0.500. The molecule has 2 aliphatic heterocycles. The van der Waals surface area contributed by atoms with Crippen molar-refractivity contribution < 1.29 is 9.53 Å². The smallest absolute Gasteiger partial charge is 0.241 e. The largest absolute Gasteiger partial charge is 0.368 e. The number of aromatic nitrogens is 3. The lowest BCUT2D eigenvalue weighted by Gasteiger charge is -2.33. The van der Waals surface area contributed by atoms with Crippen LogP contribution in [0.1, 0.15) is 24.4 Å². The first kappa shape index (κ1) is 16.2. The molecule has 1 fully saturated rings. The second kappa shape index (κ2) is 6.93. The number of fused-ring (bicyclic) bond motifs is 1. The number of para-hydroxylation sites is 1. The summed E-state index contributed by atoms with van der Waals surface area (Å²) in [7, 11) is 0. The fourth-order valence-corrected chi connectivity index (χ4v) is 3.63. The van der Waals surface area contributed by atoms with Crippen molar-refractivity contribution in [3.8, 4) is 0 Å². The van der Waals surface area contributed by atoms with E-state index in [1.165, 1.54) is 5.56 Å². The Balaban J connectivity index is 1.42. The number of hydrogen-bond donors (Lipinski definition) is 0. The van der Waals surface area contributed by atoms with Crippen LogP contribution in [-0.4, -0.2) is 58.4 Å². The van der Waals surface area contributed by atoms with Gasteiger partial charge in [0.2, 0.25) is 5.91 Å². The number of nitrogens with zero attached hydrogens (tertiary/aromatic N) is 5. The molecule has 1 atom stereocenters. The van der Waals surface area contributed by atoms with Gasteiger partial charge in [-0.05, 0) is 25.0 Å². The van der Waals surface area contributed by atoms with Crippen molar-refractivity contribution in [3.63, 3.8) is 0 Å². The van der Waals surface area contributed by atoms with Crippen molar-refractivity contribution >= 4 is 11.6 Å². The summed E-state index contributed by atoms with van der Waals surface area (Å²) in [6, 6.07) is 8.16. The monoisotopic (exact) mass is 341 g/mol. The molecule has 1 amide bonds. The quantitative estimate of drug-likeness (QED) is 0.838. The van der Waals surface area contributed by atoms with Gasteiger partial charge in [0.25, 0.3) is 0 Å². The van der Waals surface area contributed by atoms with E-state index in [0.29, 0.717) is 19.7 Å². The van der Waals surface area contributed by atoms with E-state index in [2.05, 4.69) is 28.1 Å². The Kier molecular flexibility index (Phi) is 4.50. The average Bonchev–Trinajstić information content (AvgIpc) is 3.28. The normalized spacial score (nSPS) is 20.7. The van der Waals surface area contributed by atoms with E-state index < -0.39 is 0 Å². The molecule has 7 nitrogen and oxygen atoms in total. The Labute approximate surface area is 147 Å². The first-order valence-electron chi connectivity index (χ1n) is 8.86. The highest BCUT2D eigenvalue weighted by atomic mass is 16.5. The molecule has 0 spiro atoms. The molecule has 0 unspecified atom stereocenters. The standard InChI is InChI=1S/C18H23N5O2/c1-2-22-13-19-20-18(22)16-11-21(9-10-25-16)12-17(24)23-8-7-14-5-3-4-6-15(14)23/h3-6,13,16H,2,7-12H2,1H3/t16-/m1/s1. The molecule has 0 N–H and O–H groups in total. The van der Waals surface area contributed by atoms with Gasteiger partial charge in [-0.2, -0.15) is 0 Å². The van der Waals surface area contributed by atoms with E-state index in [-0.39, 0.29) is 12.0 Å². The molecule has 0 radical (unpaired) electrons. The van der Waals surface area contributed by atoms with Crippen LogP contribution < -0.4 is 4.90 Å². The molecule has 0 aliphatic carbocycles. The Hall–Kier alpha value is -2.25. The summed E-state index contributed by atoms with van der Waals surface area (Å²) in [5, 5.41) is 8.18.